The third kappa shape index (κ3) is 5.98. The van der Waals surface area contributed by atoms with Crippen molar-refractivity contribution in [3.63, 3.8) is 0 Å². The van der Waals surface area contributed by atoms with Crippen LogP contribution in [0.3, 0.4) is 0 Å². The highest BCUT2D eigenvalue weighted by molar-refractivity contribution is 8.00. The quantitative estimate of drug-likeness (QED) is 0.393. The van der Waals surface area contributed by atoms with Gasteiger partial charge in [-0.1, -0.05) is 54.6 Å². The summed E-state index contributed by atoms with van der Waals surface area (Å²) in [7, 11) is 0. The van der Waals surface area contributed by atoms with Crippen LogP contribution in [0.5, 0.6) is 0 Å². The average Bonchev–Trinajstić information content (AvgIpc) is 2.79. The lowest BCUT2D eigenvalue weighted by atomic mass is 10.1. The van der Waals surface area contributed by atoms with Gasteiger partial charge < -0.3 is 15.8 Å². The van der Waals surface area contributed by atoms with Crippen molar-refractivity contribution in [2.75, 3.05) is 11.1 Å². The molecule has 3 aromatic carbocycles. The summed E-state index contributed by atoms with van der Waals surface area (Å²) in [5.41, 5.74) is 8.60. The summed E-state index contributed by atoms with van der Waals surface area (Å²) in [4.78, 5) is 37.9. The Hall–Kier alpha value is -3.58. The minimum atomic E-state index is -1.15. The molecule has 0 radical (unpaired) electrons. The molecule has 0 aliphatic heterocycles. The molecule has 0 spiro atoms. The first kappa shape index (κ1) is 23.1. The number of rotatable bonds is 8. The molecule has 0 saturated heterocycles. The summed E-state index contributed by atoms with van der Waals surface area (Å²) in [5, 5.41) is 2.88. The summed E-state index contributed by atoms with van der Waals surface area (Å²) in [5.74, 6) is -1.59. The summed E-state index contributed by atoms with van der Waals surface area (Å²) >= 11 is 1.15. The number of anilines is 1. The normalized spacial score (nSPS) is 11.4. The van der Waals surface area contributed by atoms with Crippen LogP contribution in [0, 0.1) is 13.8 Å². The predicted molar refractivity (Wildman–Crippen MR) is 126 cm³/mol. The van der Waals surface area contributed by atoms with E-state index in [2.05, 4.69) is 5.32 Å². The Balaban J connectivity index is 1.88. The van der Waals surface area contributed by atoms with Crippen molar-refractivity contribution in [3.05, 3.63) is 95.1 Å². The van der Waals surface area contributed by atoms with Crippen molar-refractivity contribution < 1.29 is 19.1 Å². The Morgan fingerprint density at radius 2 is 1.66 bits per heavy atom. The van der Waals surface area contributed by atoms with Crippen LogP contribution in [0.1, 0.15) is 33.2 Å². The fraction of sp³-hybridized carbons (Fsp3) is 0.160. The van der Waals surface area contributed by atoms with Crippen LogP contribution in [0.25, 0.3) is 0 Å². The molecule has 6 nitrogen and oxygen atoms in total. The second kappa shape index (κ2) is 10.6. The number of aryl methyl sites for hydroxylation is 2. The molecule has 0 heterocycles. The van der Waals surface area contributed by atoms with Crippen LogP contribution in [-0.4, -0.2) is 23.5 Å². The standard InChI is InChI=1S/C25H24N2O4S/c1-16-12-13-17(2)20(14-16)27-24(29)23(18-8-4-3-5-9-18)31-25(30)19-10-6-7-11-21(19)32-15-22(26)28/h3-14,23H,15H2,1-2H3,(H2,26,28)(H,27,29). The maximum atomic E-state index is 13.2. The summed E-state index contributed by atoms with van der Waals surface area (Å²) < 4.78 is 5.69. The molecule has 7 heteroatoms. The number of ether oxygens (including phenoxy) is 1. The third-order valence-corrected chi connectivity index (χ3v) is 5.79. The molecule has 3 aromatic rings. The third-order valence-electron chi connectivity index (χ3n) is 4.69. The maximum Gasteiger partial charge on any atom is 0.340 e. The number of thioether (sulfide) groups is 1. The van der Waals surface area contributed by atoms with Crippen molar-refractivity contribution in [3.8, 4) is 0 Å². The highest BCUT2D eigenvalue weighted by Crippen LogP contribution is 2.27. The molecule has 0 aromatic heterocycles. The molecule has 0 bridgehead atoms. The number of hydrogen-bond donors (Lipinski definition) is 2. The van der Waals surface area contributed by atoms with Crippen molar-refractivity contribution in [2.45, 2.75) is 24.8 Å². The van der Waals surface area contributed by atoms with Crippen molar-refractivity contribution in [1.29, 1.82) is 0 Å². The lowest BCUT2D eigenvalue weighted by molar-refractivity contribution is -0.125. The Morgan fingerprint density at radius 3 is 2.38 bits per heavy atom. The van der Waals surface area contributed by atoms with E-state index < -0.39 is 23.9 Å². The van der Waals surface area contributed by atoms with E-state index in [1.165, 1.54) is 0 Å². The molecule has 0 saturated carbocycles. The molecule has 32 heavy (non-hydrogen) atoms. The molecule has 2 amide bonds. The van der Waals surface area contributed by atoms with Crippen LogP contribution < -0.4 is 11.1 Å². The van der Waals surface area contributed by atoms with Gasteiger partial charge in [-0.25, -0.2) is 4.79 Å². The van der Waals surface area contributed by atoms with Crippen molar-refractivity contribution in [1.82, 2.24) is 0 Å². The van der Waals surface area contributed by atoms with E-state index in [0.717, 1.165) is 22.9 Å². The molecule has 0 aliphatic rings. The first-order valence-electron chi connectivity index (χ1n) is 9.99. The zero-order chi connectivity index (χ0) is 23.1. The maximum absolute atomic E-state index is 13.2. The second-order valence-electron chi connectivity index (χ2n) is 7.25. The minimum Gasteiger partial charge on any atom is -0.444 e. The smallest absolute Gasteiger partial charge is 0.340 e. The van der Waals surface area contributed by atoms with E-state index in [9.17, 15) is 14.4 Å². The number of primary amides is 1. The Labute approximate surface area is 191 Å². The molecular formula is C25H24N2O4S. The Morgan fingerprint density at radius 1 is 0.969 bits per heavy atom. The first-order chi connectivity index (χ1) is 15.3. The van der Waals surface area contributed by atoms with Gasteiger partial charge in [0, 0.05) is 16.1 Å². The van der Waals surface area contributed by atoms with Crippen LogP contribution in [0.4, 0.5) is 5.69 Å². The molecule has 3 N–H and O–H groups in total. The number of benzene rings is 3. The number of amides is 2. The monoisotopic (exact) mass is 448 g/mol. The van der Waals surface area contributed by atoms with Crippen LogP contribution in [0.15, 0.2) is 77.7 Å². The lowest BCUT2D eigenvalue weighted by Gasteiger charge is -2.20. The molecule has 1 atom stereocenters. The van der Waals surface area contributed by atoms with Gasteiger partial charge in [0.05, 0.1) is 11.3 Å². The average molecular weight is 449 g/mol. The number of nitrogens with one attached hydrogen (secondary N) is 1. The molecule has 3 rings (SSSR count). The van der Waals surface area contributed by atoms with Crippen molar-refractivity contribution in [2.24, 2.45) is 5.73 Å². The van der Waals surface area contributed by atoms with Gasteiger partial charge in [0.15, 0.2) is 0 Å². The van der Waals surface area contributed by atoms with Crippen LogP contribution >= 0.6 is 11.8 Å². The number of esters is 1. The zero-order valence-electron chi connectivity index (χ0n) is 17.8. The molecule has 1 unspecified atom stereocenters. The van der Waals surface area contributed by atoms with E-state index in [4.69, 9.17) is 10.5 Å². The minimum absolute atomic E-state index is 0.0273. The van der Waals surface area contributed by atoms with Crippen molar-refractivity contribution >= 4 is 35.2 Å². The summed E-state index contributed by atoms with van der Waals surface area (Å²) in [6.45, 7) is 3.83. The first-order valence-corrected chi connectivity index (χ1v) is 11.0. The summed E-state index contributed by atoms with van der Waals surface area (Å²) in [6.07, 6.45) is -1.15. The summed E-state index contributed by atoms with van der Waals surface area (Å²) in [6, 6.07) is 21.3. The molecular weight excluding hydrogens is 424 g/mol. The van der Waals surface area contributed by atoms with E-state index >= 15 is 0 Å². The van der Waals surface area contributed by atoms with Gasteiger partial charge in [0.1, 0.15) is 0 Å². The Bertz CT molecular complexity index is 1130. The highest BCUT2D eigenvalue weighted by Gasteiger charge is 2.27. The lowest BCUT2D eigenvalue weighted by Crippen LogP contribution is -2.26. The van der Waals surface area contributed by atoms with Gasteiger partial charge >= 0.3 is 5.97 Å². The Kier molecular flexibility index (Phi) is 7.68. The second-order valence-corrected chi connectivity index (χ2v) is 8.27. The number of carbonyl (C=O) groups excluding carboxylic acids is 3. The molecule has 0 fully saturated rings. The van der Waals surface area contributed by atoms with E-state index in [0.29, 0.717) is 16.1 Å². The number of carbonyl (C=O) groups is 3. The highest BCUT2D eigenvalue weighted by atomic mass is 32.2. The number of nitrogens with two attached hydrogens (primary N) is 1. The van der Waals surface area contributed by atoms with Gasteiger partial charge in [-0.3, -0.25) is 9.59 Å². The largest absolute Gasteiger partial charge is 0.444 e. The topological polar surface area (TPSA) is 98.5 Å². The van der Waals surface area contributed by atoms with Gasteiger partial charge in [-0.05, 0) is 43.2 Å². The fourth-order valence-corrected chi connectivity index (χ4v) is 3.83. The zero-order valence-corrected chi connectivity index (χ0v) is 18.6. The van der Waals surface area contributed by atoms with Gasteiger partial charge in [-0.2, -0.15) is 0 Å². The van der Waals surface area contributed by atoms with E-state index in [1.54, 1.807) is 48.5 Å². The fourth-order valence-electron chi connectivity index (χ4n) is 3.05. The van der Waals surface area contributed by atoms with Crippen LogP contribution in [-0.2, 0) is 14.3 Å². The van der Waals surface area contributed by atoms with E-state index in [-0.39, 0.29) is 11.3 Å². The van der Waals surface area contributed by atoms with E-state index in [1.807, 2.05) is 38.1 Å². The molecule has 0 aliphatic carbocycles. The SMILES string of the molecule is Cc1ccc(C)c(NC(=O)C(OC(=O)c2ccccc2SCC(N)=O)c2ccccc2)c1. The van der Waals surface area contributed by atoms with Gasteiger partial charge in [-0.15, -0.1) is 11.8 Å². The predicted octanol–water partition coefficient (Wildman–Crippen LogP) is 4.42. The van der Waals surface area contributed by atoms with Gasteiger partial charge in [0.25, 0.3) is 5.91 Å². The van der Waals surface area contributed by atoms with Crippen LogP contribution in [0.2, 0.25) is 0 Å². The van der Waals surface area contributed by atoms with Gasteiger partial charge in [0.2, 0.25) is 12.0 Å². The number of hydrogen-bond acceptors (Lipinski definition) is 5. The molecule has 164 valence electrons.